The first kappa shape index (κ1) is 18.6. The Labute approximate surface area is 169 Å². The van der Waals surface area contributed by atoms with Gasteiger partial charge in [0.2, 0.25) is 0 Å². The fourth-order valence-electron chi connectivity index (χ4n) is 3.39. The Bertz CT molecular complexity index is 917. The maximum atomic E-state index is 12.0. The zero-order valence-corrected chi connectivity index (χ0v) is 16.2. The van der Waals surface area contributed by atoms with Crippen LogP contribution in [0.3, 0.4) is 0 Å². The average molecular weight is 396 g/mol. The number of carbonyl (C=O) groups excluding carboxylic acids is 1. The fourth-order valence-corrected chi connectivity index (χ4v) is 3.58. The van der Waals surface area contributed by atoms with E-state index in [4.69, 9.17) is 16.0 Å². The number of halogens is 1. The highest BCUT2D eigenvalue weighted by atomic mass is 35.5. The Morgan fingerprint density at radius 2 is 1.71 bits per heavy atom. The van der Waals surface area contributed by atoms with Gasteiger partial charge in [-0.2, -0.15) is 0 Å². The van der Waals surface area contributed by atoms with Crippen LogP contribution in [0, 0.1) is 0 Å². The van der Waals surface area contributed by atoms with E-state index >= 15 is 0 Å². The summed E-state index contributed by atoms with van der Waals surface area (Å²) in [5.41, 5.74) is 3.09. The van der Waals surface area contributed by atoms with Gasteiger partial charge < -0.3 is 14.6 Å². The molecule has 3 aromatic rings. The smallest absolute Gasteiger partial charge is 0.291 e. The van der Waals surface area contributed by atoms with Gasteiger partial charge in [-0.05, 0) is 48.0 Å². The number of hydrogen-bond acceptors (Lipinski definition) is 4. The van der Waals surface area contributed by atoms with Crippen molar-refractivity contribution in [3.63, 3.8) is 0 Å². The molecule has 1 fully saturated rings. The van der Waals surface area contributed by atoms with Crippen LogP contribution in [0.2, 0.25) is 5.02 Å². The summed E-state index contributed by atoms with van der Waals surface area (Å²) in [5.74, 6) is 0.0599. The third-order valence-corrected chi connectivity index (χ3v) is 5.33. The highest BCUT2D eigenvalue weighted by Gasteiger charge is 2.18. The number of nitrogens with zero attached hydrogens (tertiary/aromatic N) is 2. The van der Waals surface area contributed by atoms with Gasteiger partial charge in [-0.15, -0.1) is 0 Å². The van der Waals surface area contributed by atoms with Crippen molar-refractivity contribution in [1.82, 2.24) is 4.90 Å². The minimum absolute atomic E-state index is 0.245. The molecule has 5 nitrogen and oxygen atoms in total. The summed E-state index contributed by atoms with van der Waals surface area (Å²) in [6, 6.07) is 19.3. The van der Waals surface area contributed by atoms with Gasteiger partial charge in [-0.25, -0.2) is 0 Å². The van der Waals surface area contributed by atoms with Gasteiger partial charge in [0.1, 0.15) is 0 Å². The number of amides is 1. The predicted molar refractivity (Wildman–Crippen MR) is 112 cm³/mol. The fraction of sp³-hybridized carbons (Fsp3) is 0.227. The molecule has 1 amide bonds. The second kappa shape index (κ2) is 8.50. The van der Waals surface area contributed by atoms with Crippen LogP contribution in [0.5, 0.6) is 0 Å². The van der Waals surface area contributed by atoms with Gasteiger partial charge >= 0.3 is 0 Å². The summed E-state index contributed by atoms with van der Waals surface area (Å²) in [5, 5.41) is 3.67. The highest BCUT2D eigenvalue weighted by Crippen LogP contribution is 2.22. The second-order valence-electron chi connectivity index (χ2n) is 6.83. The largest absolute Gasteiger partial charge is 0.459 e. The van der Waals surface area contributed by atoms with E-state index in [1.54, 1.807) is 12.1 Å². The number of furan rings is 1. The first-order valence-corrected chi connectivity index (χ1v) is 9.72. The maximum absolute atomic E-state index is 12.0. The van der Waals surface area contributed by atoms with E-state index in [2.05, 4.69) is 21.2 Å². The lowest BCUT2D eigenvalue weighted by Gasteiger charge is -2.36. The normalized spacial score (nSPS) is 14.8. The zero-order valence-electron chi connectivity index (χ0n) is 15.5. The topological polar surface area (TPSA) is 48.7 Å². The van der Waals surface area contributed by atoms with E-state index in [-0.39, 0.29) is 5.91 Å². The van der Waals surface area contributed by atoms with Crippen molar-refractivity contribution in [2.45, 2.75) is 6.54 Å². The third kappa shape index (κ3) is 4.38. The van der Waals surface area contributed by atoms with Crippen LogP contribution in [-0.4, -0.2) is 37.0 Å². The summed E-state index contributed by atoms with van der Waals surface area (Å²) in [6.45, 7) is 4.78. The van der Waals surface area contributed by atoms with Gasteiger partial charge in [0, 0.05) is 49.1 Å². The first-order valence-electron chi connectivity index (χ1n) is 9.35. The zero-order chi connectivity index (χ0) is 19.3. The molecule has 4 rings (SSSR count). The van der Waals surface area contributed by atoms with E-state index < -0.39 is 0 Å². The lowest BCUT2D eigenvalue weighted by Crippen LogP contribution is -2.46. The van der Waals surface area contributed by atoms with Crippen molar-refractivity contribution in [1.29, 1.82) is 0 Å². The van der Waals surface area contributed by atoms with E-state index in [0.717, 1.165) is 49.1 Å². The minimum Gasteiger partial charge on any atom is -0.459 e. The summed E-state index contributed by atoms with van der Waals surface area (Å²) < 4.78 is 5.11. The van der Waals surface area contributed by atoms with Crippen LogP contribution in [0.25, 0.3) is 0 Å². The molecule has 0 radical (unpaired) electrons. The standard InChI is InChI=1S/C22H22ClN3O2/c23-20-5-2-1-4-17(20)16-25-11-13-26(14-12-25)19-9-7-18(8-10-19)24-22(27)21-6-3-15-28-21/h1-10,15H,11-14,16H2,(H,24,27). The molecule has 0 saturated carbocycles. The summed E-state index contributed by atoms with van der Waals surface area (Å²) >= 11 is 6.28. The van der Waals surface area contributed by atoms with Crippen LogP contribution in [-0.2, 0) is 6.54 Å². The molecular formula is C22H22ClN3O2. The van der Waals surface area contributed by atoms with Crippen LogP contribution >= 0.6 is 11.6 Å². The predicted octanol–water partition coefficient (Wildman–Crippen LogP) is 4.51. The second-order valence-corrected chi connectivity index (χ2v) is 7.24. The lowest BCUT2D eigenvalue weighted by atomic mass is 10.2. The maximum Gasteiger partial charge on any atom is 0.291 e. The molecule has 0 unspecified atom stereocenters. The number of piperazine rings is 1. The molecule has 2 aromatic carbocycles. The van der Waals surface area contributed by atoms with Crippen LogP contribution in [0.1, 0.15) is 16.1 Å². The Morgan fingerprint density at radius 3 is 2.39 bits per heavy atom. The van der Waals surface area contributed by atoms with Crippen LogP contribution < -0.4 is 10.2 Å². The first-order chi connectivity index (χ1) is 13.7. The summed E-state index contributed by atoms with van der Waals surface area (Å²) in [6.07, 6.45) is 1.49. The number of anilines is 2. The average Bonchev–Trinajstić information content (AvgIpc) is 3.26. The Balaban J connectivity index is 1.31. The van der Waals surface area contributed by atoms with Crippen molar-refractivity contribution >= 4 is 28.9 Å². The third-order valence-electron chi connectivity index (χ3n) is 4.96. The summed E-state index contributed by atoms with van der Waals surface area (Å²) in [4.78, 5) is 16.8. The monoisotopic (exact) mass is 395 g/mol. The molecule has 0 spiro atoms. The quantitative estimate of drug-likeness (QED) is 0.690. The van der Waals surface area contributed by atoms with E-state index in [0.29, 0.717) is 5.76 Å². The van der Waals surface area contributed by atoms with Gasteiger partial charge in [-0.1, -0.05) is 29.8 Å². The molecule has 1 aromatic heterocycles. The van der Waals surface area contributed by atoms with E-state index in [9.17, 15) is 4.79 Å². The Morgan fingerprint density at radius 1 is 0.964 bits per heavy atom. The van der Waals surface area contributed by atoms with Gasteiger partial charge in [0.05, 0.1) is 6.26 Å². The lowest BCUT2D eigenvalue weighted by molar-refractivity contribution is 0.0996. The number of carbonyl (C=O) groups is 1. The van der Waals surface area contributed by atoms with Crippen LogP contribution in [0.4, 0.5) is 11.4 Å². The van der Waals surface area contributed by atoms with Crippen LogP contribution in [0.15, 0.2) is 71.3 Å². The van der Waals surface area contributed by atoms with Gasteiger partial charge in [0.15, 0.2) is 5.76 Å². The molecule has 0 aliphatic carbocycles. The molecule has 0 bridgehead atoms. The molecule has 1 aliphatic heterocycles. The van der Waals surface area contributed by atoms with Gasteiger partial charge in [-0.3, -0.25) is 9.69 Å². The SMILES string of the molecule is O=C(Nc1ccc(N2CCN(Cc3ccccc3Cl)CC2)cc1)c1ccco1. The van der Waals surface area contributed by atoms with Gasteiger partial charge in [0.25, 0.3) is 5.91 Å². The molecule has 28 heavy (non-hydrogen) atoms. The molecule has 6 heteroatoms. The molecule has 144 valence electrons. The molecule has 1 N–H and O–H groups in total. The highest BCUT2D eigenvalue weighted by molar-refractivity contribution is 6.31. The summed E-state index contributed by atoms with van der Waals surface area (Å²) in [7, 11) is 0. The molecular weight excluding hydrogens is 374 g/mol. The van der Waals surface area contributed by atoms with Crippen molar-refractivity contribution in [3.05, 3.63) is 83.3 Å². The number of hydrogen-bond donors (Lipinski definition) is 1. The van der Waals surface area contributed by atoms with Crippen molar-refractivity contribution in [3.8, 4) is 0 Å². The number of nitrogens with one attached hydrogen (secondary N) is 1. The number of benzene rings is 2. The van der Waals surface area contributed by atoms with E-state index in [1.807, 2.05) is 42.5 Å². The number of rotatable bonds is 5. The molecule has 2 heterocycles. The Hall–Kier alpha value is -2.76. The van der Waals surface area contributed by atoms with Crippen molar-refractivity contribution in [2.75, 3.05) is 36.4 Å². The van der Waals surface area contributed by atoms with Crippen molar-refractivity contribution < 1.29 is 9.21 Å². The molecule has 0 atom stereocenters. The van der Waals surface area contributed by atoms with E-state index in [1.165, 1.54) is 11.8 Å². The molecule has 1 aliphatic rings. The van der Waals surface area contributed by atoms with Crippen molar-refractivity contribution in [2.24, 2.45) is 0 Å². The molecule has 1 saturated heterocycles. The Kier molecular flexibility index (Phi) is 5.65. The minimum atomic E-state index is -0.245.